The van der Waals surface area contributed by atoms with Gasteiger partial charge in [0.05, 0.1) is 26.1 Å². The molecule has 67 heavy (non-hydrogen) atoms. The molecule has 0 N–H and O–H groups in total. The number of hydrogen-bond donors (Lipinski definition) is 0. The third-order valence-corrected chi connectivity index (χ3v) is 13.7. The van der Waals surface area contributed by atoms with Gasteiger partial charge in [0.2, 0.25) is 0 Å². The molecule has 1 saturated heterocycles. The Balaban J connectivity index is 2.74. The molecule has 0 aromatic rings. The summed E-state index contributed by atoms with van der Waals surface area (Å²) in [5.74, 6) is -0.382. The smallest absolute Gasteiger partial charge is 0.305 e. The average Bonchev–Trinajstić information content (AvgIpc) is 3.33. The van der Waals surface area contributed by atoms with Crippen LogP contribution < -0.4 is 0 Å². The maximum atomic E-state index is 13.2. The minimum Gasteiger partial charge on any atom is -0.466 e. The summed E-state index contributed by atoms with van der Waals surface area (Å²) in [6, 6.07) is 0. The van der Waals surface area contributed by atoms with Crippen molar-refractivity contribution >= 4 is 11.9 Å². The number of likely N-dealkylation sites (tertiary alicyclic amines) is 1. The molecule has 0 aromatic carbocycles. The molecule has 1 heterocycles. The van der Waals surface area contributed by atoms with Gasteiger partial charge in [0, 0.05) is 52.5 Å². The molecule has 0 saturated carbocycles. The molecule has 10 heteroatoms. The topological polar surface area (TPSA) is 102 Å². The van der Waals surface area contributed by atoms with Gasteiger partial charge in [-0.2, -0.15) is 0 Å². The fourth-order valence-corrected chi connectivity index (χ4v) is 8.96. The Morgan fingerprint density at radius 3 is 1.10 bits per heavy atom. The Bertz CT molecular complexity index is 954. The van der Waals surface area contributed by atoms with Gasteiger partial charge in [-0.25, -0.2) is 0 Å². The second-order valence-electron chi connectivity index (χ2n) is 19.9. The highest BCUT2D eigenvalue weighted by atomic mass is 16.7. The standard InChI is InChI=1S/C57H111NO9/c1-6-11-16-20-24-29-47-64-55(65-48-30-25-21-17-12-7-2)36-34-53(59)62-51-40-57(38-43-58(44-39-57)42-28-33-46-61-45-15-10-5)41-52-63-54(60)35-37-56(66-49-31-26-22-18-13-8-3)67-50-32-27-23-19-14-9-4/h55-56H,6-52H2,1-5H3. The van der Waals surface area contributed by atoms with Crippen LogP contribution in [-0.4, -0.2) is 102 Å². The van der Waals surface area contributed by atoms with Crippen LogP contribution in [0.15, 0.2) is 0 Å². The highest BCUT2D eigenvalue weighted by Crippen LogP contribution is 2.39. The number of ether oxygens (including phenoxy) is 7. The van der Waals surface area contributed by atoms with Crippen molar-refractivity contribution in [3.8, 4) is 0 Å². The second-order valence-corrected chi connectivity index (χ2v) is 19.9. The Morgan fingerprint density at radius 2 is 0.731 bits per heavy atom. The SMILES string of the molecule is CCCCCCCCOC(CCC(=O)OCCC1(CCOC(=O)CCC(OCCCCCCCC)OCCCCCCCC)CCN(CCCCOCCCC)CC1)OCCCCCCCC. The normalized spacial score (nSPS) is 14.1. The summed E-state index contributed by atoms with van der Waals surface area (Å²) in [4.78, 5) is 28.9. The molecule has 0 aromatic heterocycles. The van der Waals surface area contributed by atoms with Crippen LogP contribution in [0.1, 0.15) is 266 Å². The Kier molecular flexibility index (Phi) is 46.0. The van der Waals surface area contributed by atoms with E-state index in [9.17, 15) is 9.59 Å². The molecular weight excluding hydrogens is 843 g/mol. The van der Waals surface area contributed by atoms with Crippen molar-refractivity contribution in [1.29, 1.82) is 0 Å². The van der Waals surface area contributed by atoms with Gasteiger partial charge in [0.25, 0.3) is 0 Å². The van der Waals surface area contributed by atoms with E-state index in [-0.39, 0.29) is 42.8 Å². The monoisotopic (exact) mass is 954 g/mol. The molecule has 1 aliphatic heterocycles. The second kappa shape index (κ2) is 48.3. The van der Waals surface area contributed by atoms with Gasteiger partial charge < -0.3 is 38.1 Å². The van der Waals surface area contributed by atoms with Gasteiger partial charge in [-0.1, -0.05) is 169 Å². The van der Waals surface area contributed by atoms with Gasteiger partial charge >= 0.3 is 11.9 Å². The number of hydrogen-bond acceptors (Lipinski definition) is 10. The van der Waals surface area contributed by atoms with Crippen molar-refractivity contribution in [2.45, 2.75) is 278 Å². The Hall–Kier alpha value is -1.30. The van der Waals surface area contributed by atoms with Crippen molar-refractivity contribution in [2.75, 3.05) is 72.5 Å². The Morgan fingerprint density at radius 1 is 0.403 bits per heavy atom. The lowest BCUT2D eigenvalue weighted by molar-refractivity contribution is -0.160. The van der Waals surface area contributed by atoms with Gasteiger partial charge in [-0.3, -0.25) is 9.59 Å². The van der Waals surface area contributed by atoms with E-state index in [4.69, 9.17) is 33.2 Å². The molecule has 0 bridgehead atoms. The molecule has 0 spiro atoms. The Labute approximate surface area is 414 Å². The number of unbranched alkanes of at least 4 members (excludes halogenated alkanes) is 22. The predicted octanol–water partition coefficient (Wildman–Crippen LogP) is 15.3. The third kappa shape index (κ3) is 40.0. The lowest BCUT2D eigenvalue weighted by Gasteiger charge is -2.42. The fourth-order valence-electron chi connectivity index (χ4n) is 8.96. The van der Waals surface area contributed by atoms with E-state index in [1.54, 1.807) is 0 Å². The van der Waals surface area contributed by atoms with Crippen LogP contribution >= 0.6 is 0 Å². The van der Waals surface area contributed by atoms with Crippen LogP contribution in [0.5, 0.6) is 0 Å². The highest BCUT2D eigenvalue weighted by Gasteiger charge is 2.35. The third-order valence-electron chi connectivity index (χ3n) is 13.7. The van der Waals surface area contributed by atoms with Crippen LogP contribution in [0.4, 0.5) is 0 Å². The summed E-state index contributed by atoms with van der Waals surface area (Å²) in [5.41, 5.74) is -0.0493. The first-order chi connectivity index (χ1) is 32.9. The predicted molar refractivity (Wildman–Crippen MR) is 278 cm³/mol. The van der Waals surface area contributed by atoms with Crippen molar-refractivity contribution in [2.24, 2.45) is 5.41 Å². The average molecular weight is 955 g/mol. The van der Waals surface area contributed by atoms with Crippen molar-refractivity contribution in [3.05, 3.63) is 0 Å². The highest BCUT2D eigenvalue weighted by molar-refractivity contribution is 5.69. The van der Waals surface area contributed by atoms with E-state index in [1.807, 2.05) is 0 Å². The lowest BCUT2D eigenvalue weighted by atomic mass is 9.73. The number of carbonyl (C=O) groups is 2. The van der Waals surface area contributed by atoms with Crippen LogP contribution in [0.3, 0.4) is 0 Å². The molecule has 398 valence electrons. The maximum Gasteiger partial charge on any atom is 0.305 e. The maximum absolute atomic E-state index is 13.2. The molecule has 10 nitrogen and oxygen atoms in total. The summed E-state index contributed by atoms with van der Waals surface area (Å²) >= 11 is 0. The van der Waals surface area contributed by atoms with Crippen LogP contribution in [0.25, 0.3) is 0 Å². The lowest BCUT2D eigenvalue weighted by Crippen LogP contribution is -2.42. The van der Waals surface area contributed by atoms with Gasteiger partial charge in [-0.15, -0.1) is 0 Å². The first-order valence-corrected chi connectivity index (χ1v) is 29.0. The summed E-state index contributed by atoms with van der Waals surface area (Å²) < 4.78 is 42.5. The largest absolute Gasteiger partial charge is 0.466 e. The number of carbonyl (C=O) groups excluding carboxylic acids is 2. The van der Waals surface area contributed by atoms with Gasteiger partial charge in [0.1, 0.15) is 0 Å². The van der Waals surface area contributed by atoms with Crippen LogP contribution in [0, 0.1) is 5.41 Å². The minimum atomic E-state index is -0.374. The number of nitrogens with zero attached hydrogens (tertiary/aromatic N) is 1. The molecule has 1 fully saturated rings. The first-order valence-electron chi connectivity index (χ1n) is 29.0. The van der Waals surface area contributed by atoms with Crippen molar-refractivity contribution < 1.29 is 42.7 Å². The summed E-state index contributed by atoms with van der Waals surface area (Å²) in [6.07, 6.45) is 37.9. The molecule has 0 amide bonds. The van der Waals surface area contributed by atoms with Gasteiger partial charge in [-0.05, 0) is 95.7 Å². The van der Waals surface area contributed by atoms with E-state index in [2.05, 4.69) is 39.5 Å². The fraction of sp³-hybridized carbons (Fsp3) is 0.965. The number of esters is 2. The van der Waals surface area contributed by atoms with Crippen LogP contribution in [0.2, 0.25) is 0 Å². The zero-order valence-corrected chi connectivity index (χ0v) is 45.0. The molecule has 0 radical (unpaired) electrons. The quantitative estimate of drug-likeness (QED) is 0.0333. The minimum absolute atomic E-state index is 0.0493. The summed E-state index contributed by atoms with van der Waals surface area (Å²) in [7, 11) is 0. The molecule has 0 atom stereocenters. The molecule has 0 aliphatic carbocycles. The zero-order chi connectivity index (χ0) is 48.6. The molecular formula is C57H111NO9. The molecule has 1 aliphatic rings. The van der Waals surface area contributed by atoms with E-state index >= 15 is 0 Å². The van der Waals surface area contributed by atoms with Crippen molar-refractivity contribution in [3.63, 3.8) is 0 Å². The van der Waals surface area contributed by atoms with E-state index in [0.29, 0.717) is 52.5 Å². The number of rotatable bonds is 52. The van der Waals surface area contributed by atoms with Gasteiger partial charge in [0.15, 0.2) is 12.6 Å². The zero-order valence-electron chi connectivity index (χ0n) is 45.0. The van der Waals surface area contributed by atoms with Crippen molar-refractivity contribution in [1.82, 2.24) is 4.90 Å². The molecule has 0 unspecified atom stereocenters. The molecule has 1 rings (SSSR count). The summed E-state index contributed by atoms with van der Waals surface area (Å²) in [5, 5.41) is 0. The first kappa shape index (κ1) is 63.7. The number of piperidine rings is 1. The van der Waals surface area contributed by atoms with E-state index in [0.717, 1.165) is 103 Å². The summed E-state index contributed by atoms with van der Waals surface area (Å²) in [6.45, 7) is 19.4. The van der Waals surface area contributed by atoms with Crippen LogP contribution in [-0.2, 0) is 42.7 Å². The van der Waals surface area contributed by atoms with E-state index < -0.39 is 0 Å². The van der Waals surface area contributed by atoms with E-state index in [1.165, 1.54) is 135 Å².